The second kappa shape index (κ2) is 10.8. The Bertz CT molecular complexity index is 1620. The van der Waals surface area contributed by atoms with Crippen molar-refractivity contribution in [2.24, 2.45) is 0 Å². The predicted molar refractivity (Wildman–Crippen MR) is 162 cm³/mol. The van der Waals surface area contributed by atoms with Gasteiger partial charge in [0.2, 0.25) is 11.7 Å². The van der Waals surface area contributed by atoms with E-state index in [1.165, 1.54) is 16.9 Å². The highest BCUT2D eigenvalue weighted by Gasteiger charge is 2.68. The van der Waals surface area contributed by atoms with Gasteiger partial charge in [-0.2, -0.15) is 4.58 Å². The first-order valence-electron chi connectivity index (χ1n) is 14.3. The van der Waals surface area contributed by atoms with Crippen molar-refractivity contribution in [2.45, 2.75) is 43.1 Å². The van der Waals surface area contributed by atoms with Gasteiger partial charge >= 0.3 is 5.90 Å². The number of amides is 2. The van der Waals surface area contributed by atoms with Crippen LogP contribution in [0.3, 0.4) is 0 Å². The monoisotopic (exact) mass is 600 g/mol. The molecule has 3 atom stereocenters. The molecule has 9 heteroatoms. The Labute approximate surface area is 253 Å². The van der Waals surface area contributed by atoms with Gasteiger partial charge in [0.25, 0.3) is 11.8 Å². The van der Waals surface area contributed by atoms with Gasteiger partial charge in [-0.15, -0.1) is 11.3 Å². The first-order chi connectivity index (χ1) is 20.5. The molecule has 7 nitrogen and oxygen atoms in total. The molecule has 1 saturated heterocycles. The average molecular weight is 601 g/mol. The van der Waals surface area contributed by atoms with Crippen LogP contribution in [-0.2, 0) is 20.7 Å². The third kappa shape index (κ3) is 4.49. The minimum atomic E-state index is -0.799. The number of benzene rings is 2. The van der Waals surface area contributed by atoms with Crippen LogP contribution in [0.2, 0.25) is 4.34 Å². The van der Waals surface area contributed by atoms with Crippen LogP contribution < -0.4 is 5.32 Å². The summed E-state index contributed by atoms with van der Waals surface area (Å²) in [7, 11) is 1.66. The van der Waals surface area contributed by atoms with E-state index in [0.29, 0.717) is 53.0 Å². The Kier molecular flexibility index (Phi) is 7.00. The molecule has 3 unspecified atom stereocenters. The van der Waals surface area contributed by atoms with Crippen LogP contribution in [0, 0.1) is 0 Å². The molecular formula is C33H31ClN3O4S+. The van der Waals surface area contributed by atoms with Crippen molar-refractivity contribution in [3.8, 4) is 0 Å². The van der Waals surface area contributed by atoms with E-state index in [1.807, 2.05) is 47.4 Å². The first-order valence-corrected chi connectivity index (χ1v) is 15.4. The fraction of sp³-hybridized carbons (Fsp3) is 0.303. The summed E-state index contributed by atoms with van der Waals surface area (Å²) in [5, 5.41) is 3.27. The lowest BCUT2D eigenvalue weighted by atomic mass is 9.81. The number of carbonyl (C=O) groups is 2. The van der Waals surface area contributed by atoms with Crippen LogP contribution in [0.25, 0.3) is 0 Å². The highest BCUT2D eigenvalue weighted by atomic mass is 35.5. The summed E-state index contributed by atoms with van der Waals surface area (Å²) >= 11 is 7.33. The molecule has 1 N–H and O–H groups in total. The quantitative estimate of drug-likeness (QED) is 0.314. The van der Waals surface area contributed by atoms with Crippen LogP contribution in [0.4, 0.5) is 5.69 Å². The number of nitrogens with one attached hydrogen (secondary N) is 1. The van der Waals surface area contributed by atoms with E-state index in [-0.39, 0.29) is 23.9 Å². The van der Waals surface area contributed by atoms with Crippen LogP contribution in [-0.4, -0.2) is 71.2 Å². The van der Waals surface area contributed by atoms with Gasteiger partial charge in [0.1, 0.15) is 11.7 Å². The molecule has 4 aliphatic heterocycles. The number of hydrogen-bond acceptors (Lipinski definition) is 5. The van der Waals surface area contributed by atoms with E-state index in [2.05, 4.69) is 40.2 Å². The maximum Gasteiger partial charge on any atom is 0.375 e. The van der Waals surface area contributed by atoms with Crippen molar-refractivity contribution in [2.75, 3.05) is 20.2 Å². The van der Waals surface area contributed by atoms with Gasteiger partial charge in [-0.05, 0) is 36.6 Å². The Morgan fingerprint density at radius 3 is 2.45 bits per heavy atom. The maximum atomic E-state index is 14.0. The van der Waals surface area contributed by atoms with E-state index in [0.717, 1.165) is 11.3 Å². The van der Waals surface area contributed by atoms with E-state index < -0.39 is 11.7 Å². The highest BCUT2D eigenvalue weighted by molar-refractivity contribution is 7.17. The van der Waals surface area contributed by atoms with E-state index >= 15 is 0 Å². The normalized spacial score (nSPS) is 24.9. The summed E-state index contributed by atoms with van der Waals surface area (Å²) in [6.45, 7) is 1.15. The van der Waals surface area contributed by atoms with Crippen molar-refractivity contribution < 1.29 is 23.6 Å². The molecule has 2 amide bonds. The Morgan fingerprint density at radius 1 is 1.07 bits per heavy atom. The number of likely N-dealkylation sites (tertiary alicyclic amines) is 1. The molecule has 2 aromatic carbocycles. The Morgan fingerprint density at radius 2 is 1.79 bits per heavy atom. The smallest absolute Gasteiger partial charge is 0.375 e. The number of methoxy groups -OCH3 is 1. The van der Waals surface area contributed by atoms with Crippen molar-refractivity contribution in [3.63, 3.8) is 0 Å². The molecule has 1 spiro atoms. The van der Waals surface area contributed by atoms with Crippen molar-refractivity contribution in [3.05, 3.63) is 111 Å². The van der Waals surface area contributed by atoms with Crippen molar-refractivity contribution in [1.29, 1.82) is 0 Å². The van der Waals surface area contributed by atoms with Gasteiger partial charge < -0.3 is 19.7 Å². The molecule has 4 aliphatic rings. The Balaban J connectivity index is 1.17. The number of carbonyl (C=O) groups excluding carboxylic acids is 2. The molecule has 0 radical (unpaired) electrons. The van der Waals surface area contributed by atoms with E-state index in [9.17, 15) is 9.59 Å². The number of halogens is 1. The number of ether oxygens (including phenoxy) is 2. The SMILES string of the molecule is COC1=[N+](c2ccccc2)C(Cc2ccccc2)C23C=CC(O2)C(C(=O)NC2CCN(C(=O)c4ccc(Cl)s4)CC2)=C13. The number of piperidine rings is 1. The lowest BCUT2D eigenvalue weighted by Crippen LogP contribution is -2.47. The lowest BCUT2D eigenvalue weighted by Gasteiger charge is -2.32. The molecule has 214 valence electrons. The van der Waals surface area contributed by atoms with Gasteiger partial charge in [0.15, 0.2) is 5.60 Å². The average Bonchev–Trinajstić information content (AvgIpc) is 3.78. The number of thiophene rings is 1. The number of fused-ring (bicyclic) bond motifs is 1. The number of rotatable bonds is 6. The summed E-state index contributed by atoms with van der Waals surface area (Å²) in [5.41, 5.74) is 2.78. The highest BCUT2D eigenvalue weighted by Crippen LogP contribution is 2.52. The first kappa shape index (κ1) is 27.1. The molecular weight excluding hydrogens is 570 g/mol. The van der Waals surface area contributed by atoms with Crippen LogP contribution >= 0.6 is 22.9 Å². The lowest BCUT2D eigenvalue weighted by molar-refractivity contribution is -0.499. The third-order valence-electron chi connectivity index (χ3n) is 8.67. The van der Waals surface area contributed by atoms with E-state index in [4.69, 9.17) is 21.1 Å². The molecule has 1 fully saturated rings. The standard InChI is InChI=1S/C33H30ClN3O4S/c1-40-32-29-28(30(38)35-22-15-18-36(19-16-22)31(39)25-12-13-27(34)42-25)24-14-17-33(29,41-24)26(20-21-8-4-2-5-9-21)37(32)23-10-6-3-7-11-23/h2-14,17,22,24,26H,15-16,18-20H2,1H3/p+1. The Hall–Kier alpha value is -3.72. The molecule has 3 aromatic rings. The van der Waals surface area contributed by atoms with Gasteiger partial charge in [0.05, 0.1) is 21.9 Å². The van der Waals surface area contributed by atoms with Gasteiger partial charge in [-0.1, -0.05) is 66.2 Å². The summed E-state index contributed by atoms with van der Waals surface area (Å²) in [6, 6.07) is 23.8. The second-order valence-corrected chi connectivity index (χ2v) is 12.8. The van der Waals surface area contributed by atoms with Crippen molar-refractivity contribution >= 4 is 46.3 Å². The molecule has 1 aromatic heterocycles. The zero-order chi connectivity index (χ0) is 28.8. The number of para-hydroxylation sites is 1. The van der Waals surface area contributed by atoms with E-state index in [1.54, 1.807) is 19.2 Å². The fourth-order valence-corrected chi connectivity index (χ4v) is 7.76. The minimum absolute atomic E-state index is 0.00839. The molecule has 5 heterocycles. The van der Waals surface area contributed by atoms with Gasteiger partial charge in [-0.25, -0.2) is 0 Å². The minimum Gasteiger partial charge on any atom is -0.447 e. The van der Waals surface area contributed by atoms with Crippen molar-refractivity contribution in [1.82, 2.24) is 10.2 Å². The van der Waals surface area contributed by atoms with Crippen LogP contribution in [0.15, 0.2) is 96.1 Å². The predicted octanol–water partition coefficient (Wildman–Crippen LogP) is 5.14. The van der Waals surface area contributed by atoms with Gasteiger partial charge in [0, 0.05) is 37.7 Å². The molecule has 0 saturated carbocycles. The molecule has 7 rings (SSSR count). The number of hydrogen-bond donors (Lipinski definition) is 1. The maximum absolute atomic E-state index is 14.0. The zero-order valence-electron chi connectivity index (χ0n) is 23.2. The molecule has 2 bridgehead atoms. The summed E-state index contributed by atoms with van der Waals surface area (Å²) in [6.07, 6.45) is 5.75. The zero-order valence-corrected chi connectivity index (χ0v) is 24.7. The second-order valence-electron chi connectivity index (χ2n) is 11.0. The summed E-state index contributed by atoms with van der Waals surface area (Å²) in [5.74, 6) is 0.499. The largest absolute Gasteiger partial charge is 0.447 e. The molecule has 0 aliphatic carbocycles. The summed E-state index contributed by atoms with van der Waals surface area (Å²) in [4.78, 5) is 29.3. The van der Waals surface area contributed by atoms with Crippen LogP contribution in [0.1, 0.15) is 28.1 Å². The van der Waals surface area contributed by atoms with Crippen LogP contribution in [0.5, 0.6) is 0 Å². The summed E-state index contributed by atoms with van der Waals surface area (Å²) < 4.78 is 15.6. The van der Waals surface area contributed by atoms with Gasteiger partial charge in [-0.3, -0.25) is 9.59 Å². The third-order valence-corrected chi connectivity index (χ3v) is 9.89. The number of nitrogens with zero attached hydrogens (tertiary/aromatic N) is 2. The fourth-order valence-electron chi connectivity index (χ4n) is 6.75. The topological polar surface area (TPSA) is 70.9 Å². The molecule has 42 heavy (non-hydrogen) atoms.